The number of rotatable bonds is 7. The summed E-state index contributed by atoms with van der Waals surface area (Å²) in [7, 11) is -3.79. The van der Waals surface area contributed by atoms with Crippen molar-refractivity contribution in [2.24, 2.45) is 0 Å². The molecule has 0 atom stereocenters. The number of benzene rings is 1. The van der Waals surface area contributed by atoms with E-state index in [1.165, 1.54) is 11.8 Å². The van der Waals surface area contributed by atoms with Crippen LogP contribution in [0.15, 0.2) is 35.2 Å². The molecule has 1 aromatic carbocycles. The van der Waals surface area contributed by atoms with E-state index >= 15 is 0 Å². The lowest BCUT2D eigenvalue weighted by atomic mass is 10.1. The van der Waals surface area contributed by atoms with Crippen molar-refractivity contribution >= 4 is 30.5 Å². The fraction of sp³-hybridized carbons (Fsp3) is 0.368. The Morgan fingerprint density at radius 1 is 1.15 bits per heavy atom. The van der Waals surface area contributed by atoms with E-state index in [9.17, 15) is 9.83 Å². The van der Waals surface area contributed by atoms with Crippen molar-refractivity contribution in [1.29, 1.82) is 5.26 Å². The second-order valence-corrected chi connectivity index (χ2v) is 9.07. The SMILES string of the molecule is CSc1c(C#N)c(-c2ccccc2)nc(N)c1P(=O)(OC(C)C)OC(C)C. The van der Waals surface area contributed by atoms with Gasteiger partial charge in [-0.15, -0.1) is 11.8 Å². The molecule has 6 nitrogen and oxygen atoms in total. The number of thioether (sulfide) groups is 1. The minimum absolute atomic E-state index is 0.0434. The van der Waals surface area contributed by atoms with Crippen LogP contribution < -0.4 is 11.0 Å². The largest absolute Gasteiger partial charge is 0.383 e. The summed E-state index contributed by atoms with van der Waals surface area (Å²) in [6.45, 7) is 7.06. The molecule has 1 heterocycles. The van der Waals surface area contributed by atoms with Crippen LogP contribution in [-0.4, -0.2) is 23.4 Å². The molecule has 1 aromatic heterocycles. The lowest BCUT2D eigenvalue weighted by Gasteiger charge is -2.26. The number of hydrogen-bond acceptors (Lipinski definition) is 7. The molecule has 0 saturated heterocycles. The number of anilines is 1. The van der Waals surface area contributed by atoms with E-state index in [1.54, 1.807) is 34.0 Å². The van der Waals surface area contributed by atoms with Crippen molar-refractivity contribution in [3.8, 4) is 17.3 Å². The molecule has 0 unspecified atom stereocenters. The summed E-state index contributed by atoms with van der Waals surface area (Å²) in [5.74, 6) is 0.0434. The zero-order valence-electron chi connectivity index (χ0n) is 16.1. The number of aromatic nitrogens is 1. The fourth-order valence-electron chi connectivity index (χ4n) is 2.63. The molecule has 27 heavy (non-hydrogen) atoms. The standard InChI is InChI=1S/C19H24N3O3PS/c1-12(2)24-26(23,25-13(3)4)17-18(27-5)15(11-20)16(22-19(17)21)14-9-7-6-8-10-14/h6-10,12-13H,1-5H3,(H2,21,22). The van der Waals surface area contributed by atoms with Gasteiger partial charge in [0, 0.05) is 10.5 Å². The third kappa shape index (κ3) is 4.72. The second kappa shape index (κ2) is 8.90. The van der Waals surface area contributed by atoms with Gasteiger partial charge >= 0.3 is 7.60 Å². The van der Waals surface area contributed by atoms with E-state index in [1.807, 2.05) is 30.3 Å². The van der Waals surface area contributed by atoms with Crippen LogP contribution in [0.4, 0.5) is 5.82 Å². The Labute approximate surface area is 164 Å². The third-order valence-corrected chi connectivity index (χ3v) is 6.86. The van der Waals surface area contributed by atoms with Crippen molar-refractivity contribution < 1.29 is 13.6 Å². The van der Waals surface area contributed by atoms with Crippen molar-refractivity contribution in [1.82, 2.24) is 4.98 Å². The minimum atomic E-state index is -3.79. The van der Waals surface area contributed by atoms with Crippen LogP contribution in [-0.2, 0) is 13.6 Å². The molecule has 8 heteroatoms. The Hall–Kier alpha value is -1.84. The van der Waals surface area contributed by atoms with Crippen LogP contribution in [0.25, 0.3) is 11.3 Å². The molecule has 0 saturated carbocycles. The zero-order chi connectivity index (χ0) is 20.2. The van der Waals surface area contributed by atoms with Gasteiger partial charge < -0.3 is 14.8 Å². The molecule has 144 valence electrons. The average Bonchev–Trinajstić information content (AvgIpc) is 2.59. The molecule has 2 N–H and O–H groups in total. The number of nitrogens with zero attached hydrogens (tertiary/aromatic N) is 2. The van der Waals surface area contributed by atoms with Crippen molar-refractivity contribution in [2.45, 2.75) is 44.8 Å². The van der Waals surface area contributed by atoms with Gasteiger partial charge in [-0.25, -0.2) is 4.98 Å². The highest BCUT2D eigenvalue weighted by molar-refractivity contribution is 7.99. The maximum absolute atomic E-state index is 13.7. The molecule has 2 rings (SSSR count). The van der Waals surface area contributed by atoms with Crippen LogP contribution in [0.2, 0.25) is 0 Å². The van der Waals surface area contributed by atoms with Gasteiger partial charge in [-0.1, -0.05) is 30.3 Å². The molecule has 0 aliphatic rings. The highest BCUT2D eigenvalue weighted by Gasteiger charge is 2.38. The predicted molar refractivity (Wildman–Crippen MR) is 110 cm³/mol. The van der Waals surface area contributed by atoms with Gasteiger partial charge in [0.1, 0.15) is 17.2 Å². The number of hydrogen-bond donors (Lipinski definition) is 1. The van der Waals surface area contributed by atoms with Crippen LogP contribution in [0.5, 0.6) is 0 Å². The van der Waals surface area contributed by atoms with Gasteiger partial charge in [0.25, 0.3) is 0 Å². The maximum atomic E-state index is 13.7. The van der Waals surface area contributed by atoms with E-state index in [2.05, 4.69) is 11.1 Å². The van der Waals surface area contributed by atoms with Gasteiger partial charge in [-0.2, -0.15) is 5.26 Å². The molecule has 0 radical (unpaired) electrons. The molecule has 0 aliphatic carbocycles. The molecular weight excluding hydrogens is 381 g/mol. The summed E-state index contributed by atoms with van der Waals surface area (Å²) in [5, 5.41) is 9.98. The first-order chi connectivity index (χ1) is 12.7. The summed E-state index contributed by atoms with van der Waals surface area (Å²) in [4.78, 5) is 4.88. The molecule has 0 bridgehead atoms. The zero-order valence-corrected chi connectivity index (χ0v) is 17.8. The second-order valence-electron chi connectivity index (χ2n) is 6.39. The normalized spacial score (nSPS) is 11.8. The lowest BCUT2D eigenvalue weighted by Crippen LogP contribution is -2.24. The topological polar surface area (TPSA) is 98.2 Å². The predicted octanol–water partition coefficient (Wildman–Crippen LogP) is 4.59. The van der Waals surface area contributed by atoms with E-state index in [4.69, 9.17) is 14.8 Å². The minimum Gasteiger partial charge on any atom is -0.383 e. The number of nitriles is 1. The van der Waals surface area contributed by atoms with E-state index < -0.39 is 7.60 Å². The molecule has 2 aromatic rings. The quantitative estimate of drug-likeness (QED) is 0.531. The van der Waals surface area contributed by atoms with Crippen LogP contribution in [0.1, 0.15) is 33.3 Å². The summed E-state index contributed by atoms with van der Waals surface area (Å²) in [5.41, 5.74) is 7.74. The smallest absolute Gasteiger partial charge is 0.366 e. The van der Waals surface area contributed by atoms with Crippen molar-refractivity contribution in [2.75, 3.05) is 12.0 Å². The van der Waals surface area contributed by atoms with Gasteiger partial charge in [0.2, 0.25) is 0 Å². The van der Waals surface area contributed by atoms with Gasteiger partial charge in [-0.3, -0.25) is 4.57 Å². The van der Waals surface area contributed by atoms with Crippen LogP contribution in [0, 0.1) is 11.3 Å². The highest BCUT2D eigenvalue weighted by atomic mass is 32.2. The first-order valence-corrected chi connectivity index (χ1v) is 11.3. The highest BCUT2D eigenvalue weighted by Crippen LogP contribution is 2.53. The number of nitrogens with two attached hydrogens (primary N) is 1. The molecule has 0 aliphatic heterocycles. The molecular formula is C19H24N3O3PS. The summed E-state index contributed by atoms with van der Waals surface area (Å²) >= 11 is 1.28. The average molecular weight is 405 g/mol. The Morgan fingerprint density at radius 3 is 2.15 bits per heavy atom. The molecule has 0 spiro atoms. The van der Waals surface area contributed by atoms with E-state index in [0.29, 0.717) is 16.2 Å². The summed E-state index contributed by atoms with van der Waals surface area (Å²) in [6.07, 6.45) is 1.08. The van der Waals surface area contributed by atoms with Gasteiger partial charge in [0.05, 0.1) is 23.5 Å². The summed E-state index contributed by atoms with van der Waals surface area (Å²) < 4.78 is 25.1. The van der Waals surface area contributed by atoms with Gasteiger partial charge in [-0.05, 0) is 34.0 Å². The molecule has 0 amide bonds. The summed E-state index contributed by atoms with van der Waals surface area (Å²) in [6, 6.07) is 11.5. The monoisotopic (exact) mass is 405 g/mol. The van der Waals surface area contributed by atoms with Crippen molar-refractivity contribution in [3.05, 3.63) is 35.9 Å². The fourth-order valence-corrected chi connectivity index (χ4v) is 5.94. The van der Waals surface area contributed by atoms with Crippen molar-refractivity contribution in [3.63, 3.8) is 0 Å². The van der Waals surface area contributed by atoms with E-state index in [0.717, 1.165) is 5.56 Å². The maximum Gasteiger partial charge on any atom is 0.366 e. The molecule has 0 fully saturated rings. The number of nitrogen functional groups attached to an aromatic ring is 1. The third-order valence-electron chi connectivity index (χ3n) is 3.49. The first kappa shape index (κ1) is 21.5. The Morgan fingerprint density at radius 2 is 1.70 bits per heavy atom. The van der Waals surface area contributed by atoms with Crippen LogP contribution in [0.3, 0.4) is 0 Å². The van der Waals surface area contributed by atoms with Gasteiger partial charge in [0.15, 0.2) is 0 Å². The Balaban J connectivity index is 2.81. The number of pyridine rings is 1. The Kier molecular flexibility index (Phi) is 7.07. The van der Waals surface area contributed by atoms with Crippen LogP contribution >= 0.6 is 19.4 Å². The Bertz CT molecular complexity index is 881. The lowest BCUT2D eigenvalue weighted by molar-refractivity contribution is 0.150. The first-order valence-electron chi connectivity index (χ1n) is 8.53. The van der Waals surface area contributed by atoms with E-state index in [-0.39, 0.29) is 23.3 Å².